The fraction of sp³-hybridized carbons (Fsp3) is 0.176. The zero-order valence-corrected chi connectivity index (χ0v) is 12.7. The molecule has 0 aromatic heterocycles. The van der Waals surface area contributed by atoms with Crippen molar-refractivity contribution in [1.29, 1.82) is 0 Å². The summed E-state index contributed by atoms with van der Waals surface area (Å²) in [7, 11) is 2.97. The molecular weight excluding hydrogens is 300 g/mol. The predicted octanol–water partition coefficient (Wildman–Crippen LogP) is 2.69. The lowest BCUT2D eigenvalue weighted by Crippen LogP contribution is -2.13. The number of rotatable bonds is 6. The van der Waals surface area contributed by atoms with Gasteiger partial charge in [0.2, 0.25) is 0 Å². The number of benzene rings is 2. The summed E-state index contributed by atoms with van der Waals surface area (Å²) in [6.07, 6.45) is 0.232. The first-order valence-corrected chi connectivity index (χ1v) is 6.77. The van der Waals surface area contributed by atoms with Crippen LogP contribution >= 0.6 is 0 Å². The fourth-order valence-electron chi connectivity index (χ4n) is 2.37. The van der Waals surface area contributed by atoms with Crippen molar-refractivity contribution in [1.82, 2.24) is 0 Å². The molecule has 0 saturated heterocycles. The summed E-state index contributed by atoms with van der Waals surface area (Å²) in [6, 6.07) is 9.79. The number of hydrogen-bond donors (Lipinski definition) is 2. The molecule has 2 aromatic rings. The first-order valence-electron chi connectivity index (χ1n) is 6.77. The lowest BCUT2D eigenvalue weighted by Gasteiger charge is -2.14. The van der Waals surface area contributed by atoms with Crippen LogP contribution < -0.4 is 9.47 Å². The molecule has 0 atom stereocenters. The number of carbonyl (C=O) groups is 2. The minimum Gasteiger partial charge on any atom is -0.497 e. The van der Waals surface area contributed by atoms with E-state index in [2.05, 4.69) is 0 Å². The smallest absolute Gasteiger partial charge is 0.337 e. The summed E-state index contributed by atoms with van der Waals surface area (Å²) >= 11 is 0. The average Bonchev–Trinajstić information content (AvgIpc) is 2.54. The van der Waals surface area contributed by atoms with Crippen LogP contribution in [0.25, 0.3) is 0 Å². The van der Waals surface area contributed by atoms with Crippen LogP contribution in [-0.2, 0) is 6.42 Å². The largest absolute Gasteiger partial charge is 0.497 e. The molecule has 6 nitrogen and oxygen atoms in total. The van der Waals surface area contributed by atoms with Crippen LogP contribution in [0.5, 0.6) is 11.5 Å². The van der Waals surface area contributed by atoms with E-state index in [1.165, 1.54) is 19.2 Å². The third-order valence-electron chi connectivity index (χ3n) is 3.47. The van der Waals surface area contributed by atoms with E-state index in [9.17, 15) is 19.8 Å². The van der Waals surface area contributed by atoms with Crippen molar-refractivity contribution >= 4 is 11.9 Å². The Morgan fingerprint density at radius 3 is 2.04 bits per heavy atom. The van der Waals surface area contributed by atoms with E-state index in [1.54, 1.807) is 31.4 Å². The summed E-state index contributed by atoms with van der Waals surface area (Å²) in [5.41, 5.74) is 0.619. The van der Waals surface area contributed by atoms with E-state index in [1.807, 2.05) is 0 Å². The maximum atomic E-state index is 11.6. The summed E-state index contributed by atoms with van der Waals surface area (Å²) < 4.78 is 10.3. The van der Waals surface area contributed by atoms with E-state index in [-0.39, 0.29) is 17.5 Å². The third kappa shape index (κ3) is 3.42. The van der Waals surface area contributed by atoms with Crippen LogP contribution in [0.2, 0.25) is 0 Å². The molecular formula is C17H16O6. The first kappa shape index (κ1) is 16.4. The molecule has 0 heterocycles. The lowest BCUT2D eigenvalue weighted by molar-refractivity contribution is 0.0650. The van der Waals surface area contributed by atoms with Crippen molar-refractivity contribution in [2.45, 2.75) is 6.42 Å². The predicted molar refractivity (Wildman–Crippen MR) is 82.7 cm³/mol. The van der Waals surface area contributed by atoms with Gasteiger partial charge < -0.3 is 19.7 Å². The summed E-state index contributed by atoms with van der Waals surface area (Å²) in [5, 5.41) is 18.7. The second kappa shape index (κ2) is 6.83. The zero-order chi connectivity index (χ0) is 17.0. The number of aromatic carboxylic acids is 2. The quantitative estimate of drug-likeness (QED) is 0.851. The monoisotopic (exact) mass is 316 g/mol. The van der Waals surface area contributed by atoms with Crippen molar-refractivity contribution in [3.63, 3.8) is 0 Å². The van der Waals surface area contributed by atoms with Crippen LogP contribution in [0.1, 0.15) is 31.8 Å². The Balaban J connectivity index is 2.55. The summed E-state index contributed by atoms with van der Waals surface area (Å²) in [4.78, 5) is 22.9. The molecule has 0 fully saturated rings. The Kier molecular flexibility index (Phi) is 4.85. The van der Waals surface area contributed by atoms with E-state index in [4.69, 9.17) is 9.47 Å². The van der Waals surface area contributed by atoms with Crippen LogP contribution in [-0.4, -0.2) is 36.4 Å². The van der Waals surface area contributed by atoms with Gasteiger partial charge >= 0.3 is 11.9 Å². The molecule has 0 saturated carbocycles. The Labute approximate surface area is 132 Å². The molecule has 0 bridgehead atoms. The van der Waals surface area contributed by atoms with E-state index >= 15 is 0 Å². The van der Waals surface area contributed by atoms with E-state index in [0.29, 0.717) is 17.1 Å². The number of ether oxygens (including phenoxy) is 2. The Hall–Kier alpha value is -3.02. The van der Waals surface area contributed by atoms with Gasteiger partial charge in [-0.15, -0.1) is 0 Å². The van der Waals surface area contributed by atoms with Crippen molar-refractivity contribution in [2.24, 2.45) is 0 Å². The van der Waals surface area contributed by atoms with Gasteiger partial charge in [-0.3, -0.25) is 0 Å². The molecule has 0 radical (unpaired) electrons. The molecule has 2 rings (SSSR count). The van der Waals surface area contributed by atoms with Gasteiger partial charge in [-0.25, -0.2) is 9.59 Å². The van der Waals surface area contributed by atoms with Gasteiger partial charge in [-0.1, -0.05) is 12.1 Å². The molecule has 120 valence electrons. The fourth-order valence-corrected chi connectivity index (χ4v) is 2.37. The average molecular weight is 316 g/mol. The van der Waals surface area contributed by atoms with E-state index < -0.39 is 11.9 Å². The second-order valence-corrected chi connectivity index (χ2v) is 4.80. The van der Waals surface area contributed by atoms with Gasteiger partial charge in [0.1, 0.15) is 11.5 Å². The highest BCUT2D eigenvalue weighted by Crippen LogP contribution is 2.29. The molecule has 0 aliphatic carbocycles. The number of carboxylic acids is 2. The molecule has 0 spiro atoms. The van der Waals surface area contributed by atoms with Crippen molar-refractivity contribution in [3.8, 4) is 11.5 Å². The Morgan fingerprint density at radius 1 is 0.913 bits per heavy atom. The van der Waals surface area contributed by atoms with E-state index in [0.717, 1.165) is 5.56 Å². The molecule has 2 aromatic carbocycles. The van der Waals surface area contributed by atoms with Crippen molar-refractivity contribution < 1.29 is 29.3 Å². The van der Waals surface area contributed by atoms with Gasteiger partial charge in [-0.2, -0.15) is 0 Å². The molecule has 2 N–H and O–H groups in total. The van der Waals surface area contributed by atoms with Gasteiger partial charge in [0.05, 0.1) is 25.3 Å². The molecule has 23 heavy (non-hydrogen) atoms. The number of methoxy groups -OCH3 is 2. The molecule has 0 aliphatic heterocycles. The third-order valence-corrected chi connectivity index (χ3v) is 3.47. The highest BCUT2D eigenvalue weighted by Gasteiger charge is 2.23. The standard InChI is InChI=1S/C17H16O6/c1-22-11-5-3-10(4-6-11)9-13-14(23-2)8-7-12(16(18)19)15(13)17(20)21/h3-8H,9H2,1-2H3,(H,18,19)(H,20,21). The second-order valence-electron chi connectivity index (χ2n) is 4.80. The van der Waals surface area contributed by atoms with Gasteiger partial charge in [0.15, 0.2) is 0 Å². The maximum Gasteiger partial charge on any atom is 0.337 e. The molecule has 6 heteroatoms. The van der Waals surface area contributed by atoms with Crippen LogP contribution in [0.3, 0.4) is 0 Å². The highest BCUT2D eigenvalue weighted by molar-refractivity contribution is 6.03. The minimum atomic E-state index is -1.30. The molecule has 0 aliphatic rings. The van der Waals surface area contributed by atoms with Crippen LogP contribution in [0.4, 0.5) is 0 Å². The normalized spacial score (nSPS) is 10.2. The van der Waals surface area contributed by atoms with Crippen LogP contribution in [0, 0.1) is 0 Å². The van der Waals surface area contributed by atoms with Gasteiger partial charge in [0.25, 0.3) is 0 Å². The van der Waals surface area contributed by atoms with Crippen molar-refractivity contribution in [2.75, 3.05) is 14.2 Å². The minimum absolute atomic E-state index is 0.232. The van der Waals surface area contributed by atoms with Crippen LogP contribution in [0.15, 0.2) is 36.4 Å². The SMILES string of the molecule is COc1ccc(Cc2c(OC)ccc(C(=O)O)c2C(=O)O)cc1. The van der Waals surface area contributed by atoms with Gasteiger partial charge in [0, 0.05) is 12.0 Å². The Bertz CT molecular complexity index is 733. The molecule has 0 amide bonds. The first-order chi connectivity index (χ1) is 11.0. The topological polar surface area (TPSA) is 93.1 Å². The highest BCUT2D eigenvalue weighted by atomic mass is 16.5. The zero-order valence-electron chi connectivity index (χ0n) is 12.7. The Morgan fingerprint density at radius 2 is 1.57 bits per heavy atom. The maximum absolute atomic E-state index is 11.6. The lowest BCUT2D eigenvalue weighted by atomic mass is 9.94. The molecule has 0 unspecified atom stereocenters. The number of hydrogen-bond acceptors (Lipinski definition) is 4. The van der Waals surface area contributed by atoms with Crippen molar-refractivity contribution in [3.05, 3.63) is 58.7 Å². The van der Waals surface area contributed by atoms with Gasteiger partial charge in [-0.05, 0) is 29.8 Å². The summed E-state index contributed by atoms with van der Waals surface area (Å²) in [5.74, 6) is -1.58. The summed E-state index contributed by atoms with van der Waals surface area (Å²) in [6.45, 7) is 0. The number of carboxylic acid groups (broad SMARTS) is 2.